The van der Waals surface area contributed by atoms with Gasteiger partial charge in [-0.1, -0.05) is 6.92 Å². The maximum atomic E-state index is 11.7. The number of carboxylic acid groups (broad SMARTS) is 1. The van der Waals surface area contributed by atoms with E-state index in [1.165, 1.54) is 0 Å². The average molecular weight is 319 g/mol. The van der Waals surface area contributed by atoms with Gasteiger partial charge >= 0.3 is 5.97 Å². The van der Waals surface area contributed by atoms with Crippen LogP contribution in [0.4, 0.5) is 0 Å². The average Bonchev–Trinajstić information content (AvgIpc) is 2.47. The van der Waals surface area contributed by atoms with E-state index >= 15 is 0 Å². The second-order valence-electron chi connectivity index (χ2n) is 4.99. The van der Waals surface area contributed by atoms with Crippen molar-refractivity contribution in [2.45, 2.75) is 50.2 Å². The fourth-order valence-corrected chi connectivity index (χ4v) is 2.10. The Hall–Kier alpha value is -1.68. The zero-order valence-electron chi connectivity index (χ0n) is 12.0. The van der Waals surface area contributed by atoms with Crippen molar-refractivity contribution >= 4 is 11.9 Å². The molecule has 1 heterocycles. The molecule has 0 aromatic carbocycles. The van der Waals surface area contributed by atoms with Gasteiger partial charge in [-0.25, -0.2) is 4.79 Å². The summed E-state index contributed by atoms with van der Waals surface area (Å²) in [5.41, 5.74) is 0. The highest BCUT2D eigenvalue weighted by atomic mass is 16.5. The number of nitrogens with one attached hydrogen (secondary N) is 1. The van der Waals surface area contributed by atoms with Gasteiger partial charge in [-0.3, -0.25) is 4.79 Å². The molecule has 4 unspecified atom stereocenters. The summed E-state index contributed by atoms with van der Waals surface area (Å²) < 4.78 is 5.06. The van der Waals surface area contributed by atoms with Crippen molar-refractivity contribution in [3.63, 3.8) is 0 Å². The molecule has 22 heavy (non-hydrogen) atoms. The molecule has 1 aliphatic heterocycles. The summed E-state index contributed by atoms with van der Waals surface area (Å²) in [6.07, 6.45) is -4.54. The van der Waals surface area contributed by atoms with Crippen LogP contribution >= 0.6 is 0 Å². The highest BCUT2D eigenvalue weighted by Crippen LogP contribution is 2.23. The lowest BCUT2D eigenvalue weighted by atomic mass is 9.93. The van der Waals surface area contributed by atoms with Crippen molar-refractivity contribution in [3.05, 3.63) is 11.8 Å². The van der Waals surface area contributed by atoms with E-state index in [1.54, 1.807) is 6.92 Å². The Kier molecular flexibility index (Phi) is 6.75. The summed E-state index contributed by atoms with van der Waals surface area (Å²) in [6, 6.07) is -1.15. The van der Waals surface area contributed by atoms with Crippen LogP contribution in [0.1, 0.15) is 19.8 Å². The van der Waals surface area contributed by atoms with Gasteiger partial charge in [-0.15, -0.1) is 0 Å². The molecule has 0 spiro atoms. The summed E-state index contributed by atoms with van der Waals surface area (Å²) in [5, 5.41) is 49.7. The Labute approximate surface area is 126 Å². The minimum atomic E-state index is -1.70. The second-order valence-corrected chi connectivity index (χ2v) is 4.99. The van der Waals surface area contributed by atoms with Gasteiger partial charge in [0, 0.05) is 6.42 Å². The van der Waals surface area contributed by atoms with Gasteiger partial charge in [0.15, 0.2) is 6.10 Å². The number of carbonyl (C=O) groups is 2. The Morgan fingerprint density at radius 3 is 2.55 bits per heavy atom. The summed E-state index contributed by atoms with van der Waals surface area (Å²) in [4.78, 5) is 22.6. The molecular formula is C13H21NO8. The molecule has 0 saturated carbocycles. The van der Waals surface area contributed by atoms with Gasteiger partial charge in [0.05, 0.1) is 12.6 Å². The van der Waals surface area contributed by atoms with E-state index in [1.807, 2.05) is 0 Å². The van der Waals surface area contributed by atoms with Crippen molar-refractivity contribution in [2.24, 2.45) is 0 Å². The third-order valence-corrected chi connectivity index (χ3v) is 3.24. The first-order valence-corrected chi connectivity index (χ1v) is 6.88. The number of aliphatic hydroxyl groups excluding tert-OH is 4. The van der Waals surface area contributed by atoms with Crippen molar-refractivity contribution < 1.29 is 39.9 Å². The smallest absolute Gasteiger partial charge is 0.370 e. The van der Waals surface area contributed by atoms with Gasteiger partial charge in [0.1, 0.15) is 18.3 Å². The van der Waals surface area contributed by atoms with Crippen molar-refractivity contribution in [1.29, 1.82) is 0 Å². The predicted octanol–water partition coefficient (Wildman–Crippen LogP) is -2.29. The SMILES string of the molecule is CCCC(=O)N[C@@H]1C(O)C=C(C(=O)O)OC1C(O)C(O)CO. The van der Waals surface area contributed by atoms with E-state index in [4.69, 9.17) is 14.9 Å². The van der Waals surface area contributed by atoms with Crippen LogP contribution in [0.15, 0.2) is 11.8 Å². The number of aliphatic hydroxyl groups is 4. The molecule has 0 saturated heterocycles. The van der Waals surface area contributed by atoms with Crippen LogP contribution in [0.3, 0.4) is 0 Å². The number of carbonyl (C=O) groups excluding carboxylic acids is 1. The number of ether oxygens (including phenoxy) is 1. The molecule has 1 amide bonds. The van der Waals surface area contributed by atoms with Crippen LogP contribution in [0, 0.1) is 0 Å². The highest BCUT2D eigenvalue weighted by molar-refractivity contribution is 5.84. The summed E-state index contributed by atoms with van der Waals surface area (Å²) in [7, 11) is 0. The van der Waals surface area contributed by atoms with Crippen molar-refractivity contribution in [2.75, 3.05) is 6.61 Å². The first kappa shape index (κ1) is 18.4. The number of hydrogen-bond donors (Lipinski definition) is 6. The van der Waals surface area contributed by atoms with Crippen molar-refractivity contribution in [3.8, 4) is 0 Å². The molecule has 1 aliphatic rings. The number of amides is 1. The second kappa shape index (κ2) is 8.08. The van der Waals surface area contributed by atoms with Crippen molar-refractivity contribution in [1.82, 2.24) is 5.32 Å². The maximum Gasteiger partial charge on any atom is 0.370 e. The van der Waals surface area contributed by atoms with Gasteiger partial charge < -0.3 is 35.6 Å². The van der Waals surface area contributed by atoms with Crippen LogP contribution in [-0.2, 0) is 14.3 Å². The highest BCUT2D eigenvalue weighted by Gasteiger charge is 2.43. The number of hydrogen-bond acceptors (Lipinski definition) is 7. The summed E-state index contributed by atoms with van der Waals surface area (Å²) in [6.45, 7) is 0.983. The number of aliphatic carboxylic acids is 1. The topological polar surface area (TPSA) is 157 Å². The molecule has 5 atom stereocenters. The van der Waals surface area contributed by atoms with Gasteiger partial charge in [-0.2, -0.15) is 0 Å². The Morgan fingerprint density at radius 1 is 1.41 bits per heavy atom. The van der Waals surface area contributed by atoms with Crippen LogP contribution < -0.4 is 5.32 Å². The Bertz CT molecular complexity index is 438. The fourth-order valence-electron chi connectivity index (χ4n) is 2.10. The molecule has 0 bridgehead atoms. The third-order valence-electron chi connectivity index (χ3n) is 3.24. The lowest BCUT2D eigenvalue weighted by molar-refractivity contribution is -0.149. The maximum absolute atomic E-state index is 11.7. The molecule has 1 rings (SSSR count). The summed E-state index contributed by atoms with van der Waals surface area (Å²) in [5.74, 6) is -2.49. The quantitative estimate of drug-likeness (QED) is 0.306. The third kappa shape index (κ3) is 4.41. The molecule has 0 fully saturated rings. The van der Waals surface area contributed by atoms with Gasteiger partial charge in [-0.05, 0) is 12.5 Å². The lowest BCUT2D eigenvalue weighted by Crippen LogP contribution is -2.60. The molecule has 0 aromatic rings. The van der Waals surface area contributed by atoms with E-state index in [9.17, 15) is 24.9 Å². The largest absolute Gasteiger partial charge is 0.478 e. The minimum Gasteiger partial charge on any atom is -0.478 e. The molecule has 0 radical (unpaired) electrons. The van der Waals surface area contributed by atoms with Crippen LogP contribution in [0.25, 0.3) is 0 Å². The molecule has 0 aliphatic carbocycles. The van der Waals surface area contributed by atoms with Gasteiger partial charge in [0.2, 0.25) is 11.7 Å². The van der Waals surface area contributed by atoms with Crippen LogP contribution in [0.2, 0.25) is 0 Å². The standard InChI is InChI=1S/C13H21NO8/c1-2-3-9(18)14-10-6(16)4-8(13(20)21)22-12(10)11(19)7(17)5-15/h4,6-7,10-12,15-17,19H,2-3,5H2,1H3,(H,14,18)(H,20,21)/t6?,7?,10-,11?,12?/m1/s1. The fraction of sp³-hybridized carbons (Fsp3) is 0.692. The molecule has 126 valence electrons. The predicted molar refractivity (Wildman–Crippen MR) is 72.5 cm³/mol. The van der Waals surface area contributed by atoms with Crippen LogP contribution in [-0.4, -0.2) is 74.5 Å². The number of carboxylic acids is 1. The zero-order valence-corrected chi connectivity index (χ0v) is 12.0. The Balaban J connectivity index is 3.01. The molecular weight excluding hydrogens is 298 g/mol. The minimum absolute atomic E-state index is 0.171. The van der Waals surface area contributed by atoms with Crippen LogP contribution in [0.5, 0.6) is 0 Å². The molecule has 9 nitrogen and oxygen atoms in total. The summed E-state index contributed by atoms with van der Waals surface area (Å²) >= 11 is 0. The van der Waals surface area contributed by atoms with E-state index in [0.717, 1.165) is 6.08 Å². The molecule has 6 N–H and O–H groups in total. The zero-order chi connectivity index (χ0) is 16.9. The molecule has 9 heteroatoms. The van der Waals surface area contributed by atoms with E-state index in [-0.39, 0.29) is 6.42 Å². The first-order chi connectivity index (χ1) is 10.3. The molecule has 0 aromatic heterocycles. The first-order valence-electron chi connectivity index (χ1n) is 6.88. The van der Waals surface area contributed by atoms with Gasteiger partial charge in [0.25, 0.3) is 0 Å². The number of rotatable bonds is 7. The van der Waals surface area contributed by atoms with E-state index < -0.39 is 54.7 Å². The van der Waals surface area contributed by atoms with E-state index in [0.29, 0.717) is 6.42 Å². The monoisotopic (exact) mass is 319 g/mol. The Morgan fingerprint density at radius 2 is 2.05 bits per heavy atom. The lowest BCUT2D eigenvalue weighted by Gasteiger charge is -2.38. The van der Waals surface area contributed by atoms with E-state index in [2.05, 4.69) is 5.32 Å². The normalized spacial score (nSPS) is 27.3.